The second kappa shape index (κ2) is 8.75. The fourth-order valence-corrected chi connectivity index (χ4v) is 4.17. The molecular formula is C22H21N3O5S. The van der Waals surface area contributed by atoms with Crippen LogP contribution in [0.2, 0.25) is 0 Å². The monoisotopic (exact) mass is 439 g/mol. The predicted molar refractivity (Wildman–Crippen MR) is 113 cm³/mol. The van der Waals surface area contributed by atoms with Gasteiger partial charge in [-0.25, -0.2) is 13.1 Å². The number of fused-ring (bicyclic) bond motifs is 1. The summed E-state index contributed by atoms with van der Waals surface area (Å²) in [5, 5.41) is 2.83. The van der Waals surface area contributed by atoms with Crippen LogP contribution in [0, 0.1) is 0 Å². The van der Waals surface area contributed by atoms with Gasteiger partial charge >= 0.3 is 0 Å². The third kappa shape index (κ3) is 4.84. The van der Waals surface area contributed by atoms with Crippen molar-refractivity contribution in [2.24, 2.45) is 0 Å². The number of nitrogens with one attached hydrogen (secondary N) is 2. The molecule has 0 saturated heterocycles. The van der Waals surface area contributed by atoms with Crippen molar-refractivity contribution < 1.29 is 22.7 Å². The first-order valence-corrected chi connectivity index (χ1v) is 11.1. The van der Waals surface area contributed by atoms with Crippen molar-refractivity contribution in [3.8, 4) is 11.5 Å². The highest BCUT2D eigenvalue weighted by Gasteiger charge is 2.19. The van der Waals surface area contributed by atoms with Crippen LogP contribution in [0.5, 0.6) is 11.5 Å². The maximum absolute atomic E-state index is 12.7. The third-order valence-electron chi connectivity index (χ3n) is 4.79. The van der Waals surface area contributed by atoms with Crippen molar-refractivity contribution in [1.29, 1.82) is 0 Å². The first-order chi connectivity index (χ1) is 14.9. The number of aromatic nitrogens is 1. The van der Waals surface area contributed by atoms with E-state index in [0.717, 1.165) is 5.56 Å². The van der Waals surface area contributed by atoms with E-state index in [9.17, 15) is 13.2 Å². The van der Waals surface area contributed by atoms with Gasteiger partial charge < -0.3 is 14.8 Å². The van der Waals surface area contributed by atoms with Crippen molar-refractivity contribution in [3.63, 3.8) is 0 Å². The average molecular weight is 439 g/mol. The van der Waals surface area contributed by atoms with Crippen molar-refractivity contribution in [2.75, 3.05) is 6.79 Å². The number of benzene rings is 2. The number of amides is 1. The standard InChI is InChI=1S/C22H21N3O5S/c1-15(19-7-2-3-10-23-19)25-22(26)17-5-4-6-18(12-17)31(27,28)24-13-16-8-9-20-21(11-16)30-14-29-20/h2-12,15,24H,13-14H2,1H3,(H,25,26)/t15-/m0/s1. The summed E-state index contributed by atoms with van der Waals surface area (Å²) in [6.45, 7) is 2.04. The topological polar surface area (TPSA) is 107 Å². The maximum Gasteiger partial charge on any atom is 0.251 e. The molecule has 0 spiro atoms. The van der Waals surface area contributed by atoms with E-state index < -0.39 is 10.0 Å². The Labute approximate surface area is 180 Å². The minimum Gasteiger partial charge on any atom is -0.454 e. The van der Waals surface area contributed by atoms with Gasteiger partial charge in [-0.3, -0.25) is 9.78 Å². The van der Waals surface area contributed by atoms with Crippen LogP contribution in [0.25, 0.3) is 0 Å². The Balaban J connectivity index is 1.44. The largest absolute Gasteiger partial charge is 0.454 e. The van der Waals surface area contributed by atoms with Crippen LogP contribution in [0.4, 0.5) is 0 Å². The molecule has 2 aromatic carbocycles. The van der Waals surface area contributed by atoms with Gasteiger partial charge in [0, 0.05) is 18.3 Å². The number of sulfonamides is 1. The highest BCUT2D eigenvalue weighted by atomic mass is 32.2. The molecule has 0 radical (unpaired) electrons. The van der Waals surface area contributed by atoms with E-state index in [4.69, 9.17) is 9.47 Å². The SMILES string of the molecule is C[C@H](NC(=O)c1cccc(S(=O)(=O)NCc2ccc3c(c2)OCO3)c1)c1ccccn1. The van der Waals surface area contributed by atoms with E-state index in [1.807, 2.05) is 19.1 Å². The van der Waals surface area contributed by atoms with E-state index in [1.165, 1.54) is 18.2 Å². The molecule has 160 valence electrons. The molecule has 3 aromatic rings. The molecule has 0 unspecified atom stereocenters. The zero-order chi connectivity index (χ0) is 21.8. The molecule has 1 aliphatic rings. The summed E-state index contributed by atoms with van der Waals surface area (Å²) in [6.07, 6.45) is 1.65. The van der Waals surface area contributed by atoms with E-state index in [2.05, 4.69) is 15.0 Å². The summed E-state index contributed by atoms with van der Waals surface area (Å²) < 4.78 is 38.6. The van der Waals surface area contributed by atoms with Gasteiger partial charge in [0.25, 0.3) is 5.91 Å². The van der Waals surface area contributed by atoms with Crippen LogP contribution >= 0.6 is 0 Å². The van der Waals surface area contributed by atoms with Crippen LogP contribution in [0.3, 0.4) is 0 Å². The van der Waals surface area contributed by atoms with Gasteiger partial charge in [0.15, 0.2) is 11.5 Å². The molecule has 0 saturated carbocycles. The quantitative estimate of drug-likeness (QED) is 0.586. The van der Waals surface area contributed by atoms with Gasteiger partial charge in [-0.2, -0.15) is 0 Å². The maximum atomic E-state index is 12.7. The number of nitrogens with zero attached hydrogens (tertiary/aromatic N) is 1. The molecule has 2 N–H and O–H groups in total. The first-order valence-electron chi connectivity index (χ1n) is 9.62. The van der Waals surface area contributed by atoms with Crippen LogP contribution in [0.15, 0.2) is 71.8 Å². The zero-order valence-corrected chi connectivity index (χ0v) is 17.6. The fraction of sp³-hybridized carbons (Fsp3) is 0.182. The number of hydrogen-bond donors (Lipinski definition) is 2. The smallest absolute Gasteiger partial charge is 0.251 e. The molecule has 4 rings (SSSR count). The van der Waals surface area contributed by atoms with Crippen LogP contribution in [-0.2, 0) is 16.6 Å². The number of pyridine rings is 1. The second-order valence-electron chi connectivity index (χ2n) is 6.99. The Hall–Kier alpha value is -3.43. The van der Waals surface area contributed by atoms with Crippen LogP contribution < -0.4 is 19.5 Å². The van der Waals surface area contributed by atoms with Gasteiger partial charge in [0.1, 0.15) is 0 Å². The lowest BCUT2D eigenvalue weighted by Gasteiger charge is -2.14. The first kappa shape index (κ1) is 20.8. The van der Waals surface area contributed by atoms with Crippen molar-refractivity contribution >= 4 is 15.9 Å². The van der Waals surface area contributed by atoms with E-state index in [1.54, 1.807) is 36.5 Å². The summed E-state index contributed by atoms with van der Waals surface area (Å²) in [7, 11) is -3.82. The van der Waals surface area contributed by atoms with Crippen LogP contribution in [0.1, 0.15) is 34.6 Å². The number of carbonyl (C=O) groups is 1. The van der Waals surface area contributed by atoms with E-state index in [0.29, 0.717) is 17.2 Å². The lowest BCUT2D eigenvalue weighted by Crippen LogP contribution is -2.28. The number of ether oxygens (including phenoxy) is 2. The summed E-state index contributed by atoms with van der Waals surface area (Å²) in [5.41, 5.74) is 1.68. The summed E-state index contributed by atoms with van der Waals surface area (Å²) in [6, 6.07) is 16.2. The number of hydrogen-bond acceptors (Lipinski definition) is 6. The molecule has 2 heterocycles. The average Bonchev–Trinajstić information content (AvgIpc) is 3.26. The highest BCUT2D eigenvalue weighted by molar-refractivity contribution is 7.89. The van der Waals surface area contributed by atoms with Crippen molar-refractivity contribution in [3.05, 3.63) is 83.7 Å². The molecule has 31 heavy (non-hydrogen) atoms. The van der Waals surface area contributed by atoms with Gasteiger partial charge in [0.05, 0.1) is 16.6 Å². The Morgan fingerprint density at radius 3 is 2.71 bits per heavy atom. The molecule has 0 aliphatic carbocycles. The number of carbonyl (C=O) groups excluding carboxylic acids is 1. The molecule has 1 atom stereocenters. The third-order valence-corrected chi connectivity index (χ3v) is 6.19. The Kier molecular flexibility index (Phi) is 5.88. The van der Waals surface area contributed by atoms with E-state index in [-0.39, 0.29) is 35.7 Å². The molecule has 0 fully saturated rings. The molecule has 1 aliphatic heterocycles. The molecule has 9 heteroatoms. The highest BCUT2D eigenvalue weighted by Crippen LogP contribution is 2.32. The van der Waals surface area contributed by atoms with Gasteiger partial charge in [-0.1, -0.05) is 18.2 Å². The van der Waals surface area contributed by atoms with E-state index >= 15 is 0 Å². The van der Waals surface area contributed by atoms with Gasteiger partial charge in [0.2, 0.25) is 16.8 Å². The summed E-state index contributed by atoms with van der Waals surface area (Å²) >= 11 is 0. The summed E-state index contributed by atoms with van der Waals surface area (Å²) in [4.78, 5) is 16.8. The zero-order valence-electron chi connectivity index (χ0n) is 16.7. The Morgan fingerprint density at radius 2 is 1.90 bits per heavy atom. The molecule has 0 bridgehead atoms. The van der Waals surface area contributed by atoms with Crippen molar-refractivity contribution in [1.82, 2.24) is 15.0 Å². The second-order valence-corrected chi connectivity index (χ2v) is 8.76. The molecular weight excluding hydrogens is 418 g/mol. The molecule has 1 aromatic heterocycles. The lowest BCUT2D eigenvalue weighted by atomic mass is 10.1. The van der Waals surface area contributed by atoms with Crippen LogP contribution in [-0.4, -0.2) is 26.1 Å². The van der Waals surface area contributed by atoms with Gasteiger partial charge in [-0.05, 0) is 55.0 Å². The Morgan fingerprint density at radius 1 is 1.06 bits per heavy atom. The molecule has 1 amide bonds. The minimum atomic E-state index is -3.82. The fourth-order valence-electron chi connectivity index (χ4n) is 3.10. The predicted octanol–water partition coefficient (Wildman–Crippen LogP) is 2.78. The minimum absolute atomic E-state index is 0.00591. The summed E-state index contributed by atoms with van der Waals surface area (Å²) in [5.74, 6) is 0.827. The molecule has 8 nitrogen and oxygen atoms in total. The Bertz CT molecular complexity index is 1200. The van der Waals surface area contributed by atoms with Gasteiger partial charge in [-0.15, -0.1) is 0 Å². The van der Waals surface area contributed by atoms with Crippen molar-refractivity contribution in [2.45, 2.75) is 24.4 Å². The lowest BCUT2D eigenvalue weighted by molar-refractivity contribution is 0.0939. The number of rotatable bonds is 7. The normalized spacial score (nSPS) is 13.6.